The van der Waals surface area contributed by atoms with Crippen molar-refractivity contribution in [3.05, 3.63) is 45.6 Å². The van der Waals surface area contributed by atoms with Gasteiger partial charge in [0.25, 0.3) is 11.9 Å². The number of nitroso groups, excluding NO2 is 1. The van der Waals surface area contributed by atoms with Crippen molar-refractivity contribution in [2.24, 2.45) is 27.2 Å². The highest BCUT2D eigenvalue weighted by atomic mass is 32.2. The van der Waals surface area contributed by atoms with Gasteiger partial charge < -0.3 is 29.0 Å². The molecule has 18 heteroatoms. The average Bonchev–Trinajstić information content (AvgIpc) is 4.01. The fraction of sp³-hybridized carbons (Fsp3) is 0.660. The van der Waals surface area contributed by atoms with Crippen molar-refractivity contribution in [2.45, 2.75) is 130 Å². The zero-order valence-corrected chi connectivity index (χ0v) is 40.5. The highest BCUT2D eigenvalue weighted by Gasteiger charge is 2.48. The van der Waals surface area contributed by atoms with Crippen LogP contribution in [0.1, 0.15) is 103 Å². The summed E-state index contributed by atoms with van der Waals surface area (Å²) in [6.07, 6.45) is 4.68. The normalized spacial score (nSPS) is 25.9. The molecule has 65 heavy (non-hydrogen) atoms. The smallest absolute Gasteiger partial charge is 0.409 e. The van der Waals surface area contributed by atoms with Gasteiger partial charge in [-0.15, -0.1) is 16.8 Å². The van der Waals surface area contributed by atoms with E-state index in [1.54, 1.807) is 25.9 Å². The summed E-state index contributed by atoms with van der Waals surface area (Å²) < 4.78 is 19.3. The molecule has 2 N–H and O–H groups in total. The lowest BCUT2D eigenvalue weighted by Crippen LogP contribution is -2.62. The van der Waals surface area contributed by atoms with E-state index in [2.05, 4.69) is 54.3 Å². The van der Waals surface area contributed by atoms with Crippen LogP contribution >= 0.6 is 11.8 Å². The van der Waals surface area contributed by atoms with Gasteiger partial charge >= 0.3 is 12.1 Å². The summed E-state index contributed by atoms with van der Waals surface area (Å²) >= 11 is 1.57. The number of methoxy groups -OCH3 is 2. The van der Waals surface area contributed by atoms with Gasteiger partial charge in [-0.1, -0.05) is 40.7 Å². The van der Waals surface area contributed by atoms with Crippen molar-refractivity contribution in [3.8, 4) is 0 Å². The van der Waals surface area contributed by atoms with Gasteiger partial charge in [0.05, 0.1) is 60.8 Å². The molecule has 2 saturated heterocycles. The number of thioether (sulfide) groups is 1. The monoisotopic (exact) mass is 918 g/mol. The molecule has 5 aliphatic rings. The minimum atomic E-state index is -1.06. The first-order valence-electron chi connectivity index (χ1n) is 23.2. The molecular weight excluding hydrogens is 851 g/mol. The number of aryl methyl sites for hydroxylation is 1. The first kappa shape index (κ1) is 48.1. The van der Waals surface area contributed by atoms with Gasteiger partial charge in [0, 0.05) is 72.9 Å². The Morgan fingerprint density at radius 1 is 1.17 bits per heavy atom. The number of likely N-dealkylation sites (N-methyl/N-ethyl adjacent to an activating group) is 1. The van der Waals surface area contributed by atoms with Crippen LogP contribution < -0.4 is 10.7 Å². The molecule has 354 valence electrons. The number of nitrogens with zero attached hydrogens (tertiary/aromatic N) is 7. The van der Waals surface area contributed by atoms with Crippen LogP contribution in [0, 0.1) is 22.2 Å². The van der Waals surface area contributed by atoms with E-state index in [1.165, 1.54) is 33.2 Å². The van der Waals surface area contributed by atoms with Gasteiger partial charge in [0.15, 0.2) is 6.04 Å². The van der Waals surface area contributed by atoms with Gasteiger partial charge in [0.1, 0.15) is 17.0 Å². The van der Waals surface area contributed by atoms with Crippen molar-refractivity contribution in [3.63, 3.8) is 0 Å². The van der Waals surface area contributed by atoms with Gasteiger partial charge in [-0.05, 0) is 75.1 Å². The summed E-state index contributed by atoms with van der Waals surface area (Å²) in [6, 6.07) is 3.00. The zero-order valence-electron chi connectivity index (χ0n) is 39.7. The molecule has 0 aliphatic carbocycles. The number of carbonyl (C=O) groups excluding carboxylic acids is 4. The van der Waals surface area contributed by atoms with E-state index in [9.17, 15) is 24.1 Å². The Balaban J connectivity index is 1.25. The Bertz CT molecular complexity index is 2270. The van der Waals surface area contributed by atoms with Crippen LogP contribution in [0.2, 0.25) is 0 Å². The molecule has 5 aliphatic heterocycles. The number of allylic oxidation sites excluding steroid dienone is 1. The molecule has 0 radical (unpaired) electrons. The summed E-state index contributed by atoms with van der Waals surface area (Å²) in [5, 5.41) is 7.68. The number of nitrogens with one attached hydrogen (secondary N) is 2. The maximum Gasteiger partial charge on any atom is 0.409 e. The number of carbonyl (C=O) groups is 4. The number of hydrogen-bond acceptors (Lipinski definition) is 12. The summed E-state index contributed by atoms with van der Waals surface area (Å²) in [4.78, 5) is 81.7. The molecule has 1 unspecified atom stereocenters. The second-order valence-corrected chi connectivity index (χ2v) is 20.4. The molecule has 6 heterocycles. The van der Waals surface area contributed by atoms with Crippen molar-refractivity contribution in [1.82, 2.24) is 30.2 Å². The number of fused-ring (bicyclic) bond motifs is 5. The van der Waals surface area contributed by atoms with E-state index in [-0.39, 0.29) is 43.6 Å². The Kier molecular flexibility index (Phi) is 14.8. The third-order valence-electron chi connectivity index (χ3n) is 13.6. The number of aliphatic imine (C=N–C) groups is 2. The molecule has 3 amide bonds. The summed E-state index contributed by atoms with van der Waals surface area (Å²) in [7, 11) is 4.59. The lowest BCUT2D eigenvalue weighted by atomic mass is 9.83. The molecule has 2 aromatic rings. The van der Waals surface area contributed by atoms with E-state index in [0.29, 0.717) is 38.1 Å². The maximum absolute atomic E-state index is 14.6. The highest BCUT2D eigenvalue weighted by Crippen LogP contribution is 2.42. The Morgan fingerprint density at radius 2 is 1.94 bits per heavy atom. The van der Waals surface area contributed by atoms with Gasteiger partial charge in [-0.25, -0.2) is 10.2 Å². The van der Waals surface area contributed by atoms with Crippen LogP contribution in [0.5, 0.6) is 0 Å². The first-order valence-corrected chi connectivity index (χ1v) is 24.1. The van der Waals surface area contributed by atoms with Crippen molar-refractivity contribution < 1.29 is 38.3 Å². The van der Waals surface area contributed by atoms with E-state index in [4.69, 9.17) is 24.2 Å². The fourth-order valence-corrected chi connectivity index (χ4v) is 11.2. The number of cyclic esters (lactones) is 1. The molecule has 6 bridgehead atoms. The number of likely N-dealkylation sites (tertiary alicyclic amines) is 1. The van der Waals surface area contributed by atoms with Crippen LogP contribution in [0.25, 0.3) is 16.5 Å². The standard InChI is InChI=1S/C47H67N9O8S/c1-11-54-37-17-16-30-20-32(37)33(42(54)31-14-12-18-48-40(31)29(5)62-9)22-47(6,7)26-64-45(59)34-15-13-19-55(51-34)44(58)35(21-39-49-36(30)25-65-39)50-43(57)41(27(2)3)52(8)56(61)38-24-53(23-28(38)4)46(60)63-10/h16-18,20,27-29,34-36,38,41,51H,11-15,19,21-26H2,1-10H3/p+1/t28-,29-,34-,35-,36?,38+,41-/m0/s1. The van der Waals surface area contributed by atoms with Gasteiger partial charge in [-0.2, -0.15) is 0 Å². The third kappa shape index (κ3) is 9.99. The fourth-order valence-electron chi connectivity index (χ4n) is 10.1. The van der Waals surface area contributed by atoms with E-state index in [1.807, 2.05) is 33.9 Å². The minimum absolute atomic E-state index is 0.121. The SMILES string of the molecule is CCn1c(C2=C([C@H](C)OC)N=CCC2)c2c3cc(ccc31)C1CSC(=N1)C[C@H](NC(=O)[C@H](C(C)C)N(C)[N+](=O)[C@@H]1CN(C(=O)OC)C[C@@H]1C)C(=O)N1CCC[C@H](N1)C(=O)OCC(C)(C)C2. The summed E-state index contributed by atoms with van der Waals surface area (Å²) in [5.74, 6) is -1.21. The first-order chi connectivity index (χ1) is 31.0. The quantitative estimate of drug-likeness (QED) is 0.170. The molecule has 7 rings (SSSR count). The number of amides is 3. The number of ether oxygens (including phenoxy) is 3. The molecule has 0 saturated carbocycles. The molecule has 17 nitrogen and oxygen atoms in total. The van der Waals surface area contributed by atoms with E-state index < -0.39 is 53.5 Å². The van der Waals surface area contributed by atoms with Crippen LogP contribution in [-0.4, -0.2) is 143 Å². The molecular formula is C47H68N9O8S+. The average molecular weight is 919 g/mol. The highest BCUT2D eigenvalue weighted by molar-refractivity contribution is 8.14. The molecule has 1 aromatic carbocycles. The number of hydrogen-bond donors (Lipinski definition) is 2. The maximum atomic E-state index is 14.6. The Morgan fingerprint density at radius 3 is 2.65 bits per heavy atom. The second-order valence-electron chi connectivity index (χ2n) is 19.3. The largest absolute Gasteiger partial charge is 0.464 e. The molecule has 0 spiro atoms. The Hall–Kier alpha value is -4.81. The lowest BCUT2D eigenvalue weighted by Gasteiger charge is -2.36. The topological polar surface area (TPSA) is 179 Å². The summed E-state index contributed by atoms with van der Waals surface area (Å²) in [5.41, 5.74) is 9.23. The van der Waals surface area contributed by atoms with E-state index in [0.717, 1.165) is 57.2 Å². The van der Waals surface area contributed by atoms with Crippen LogP contribution in [0.15, 0.2) is 33.9 Å². The lowest BCUT2D eigenvalue weighted by molar-refractivity contribution is -0.736. The Labute approximate surface area is 386 Å². The number of esters is 1. The van der Waals surface area contributed by atoms with Crippen molar-refractivity contribution in [2.75, 3.05) is 53.3 Å². The van der Waals surface area contributed by atoms with Crippen LogP contribution in [-0.2, 0) is 41.6 Å². The molecule has 7 atom stereocenters. The number of rotatable bonds is 10. The van der Waals surface area contributed by atoms with Crippen LogP contribution in [0.3, 0.4) is 0 Å². The summed E-state index contributed by atoms with van der Waals surface area (Å²) in [6.45, 7) is 15.7. The van der Waals surface area contributed by atoms with Gasteiger partial charge in [0.2, 0.25) is 5.91 Å². The van der Waals surface area contributed by atoms with Crippen molar-refractivity contribution in [1.29, 1.82) is 0 Å². The molecule has 2 fully saturated rings. The number of hydrazine groups is 2. The second kappa shape index (κ2) is 20.0. The van der Waals surface area contributed by atoms with Crippen molar-refractivity contribution >= 4 is 63.4 Å². The predicted molar refractivity (Wildman–Crippen MR) is 251 cm³/mol. The third-order valence-corrected chi connectivity index (χ3v) is 14.7. The number of benzene rings is 1. The number of aromatic nitrogens is 1. The zero-order chi connectivity index (χ0) is 46.9. The minimum Gasteiger partial charge on any atom is -0.464 e. The predicted octanol–water partition coefficient (Wildman–Crippen LogP) is 5.69. The van der Waals surface area contributed by atoms with E-state index >= 15 is 0 Å². The molecule has 1 aromatic heterocycles. The van der Waals surface area contributed by atoms with Crippen LogP contribution in [0.4, 0.5) is 4.79 Å². The van der Waals surface area contributed by atoms with Gasteiger partial charge in [-0.3, -0.25) is 29.4 Å².